The van der Waals surface area contributed by atoms with Gasteiger partial charge < -0.3 is 10.1 Å². The highest BCUT2D eigenvalue weighted by atomic mass is 16.5. The molecule has 0 aliphatic heterocycles. The third-order valence-electron chi connectivity index (χ3n) is 2.96. The number of benzene rings is 1. The fourth-order valence-electron chi connectivity index (χ4n) is 1.85. The summed E-state index contributed by atoms with van der Waals surface area (Å²) >= 11 is 0. The van der Waals surface area contributed by atoms with Crippen LogP contribution in [0.2, 0.25) is 0 Å². The summed E-state index contributed by atoms with van der Waals surface area (Å²) in [6.45, 7) is 3.44. The molecule has 0 amide bonds. The van der Waals surface area contributed by atoms with Crippen LogP contribution in [0.3, 0.4) is 0 Å². The van der Waals surface area contributed by atoms with Crippen molar-refractivity contribution in [1.29, 1.82) is 5.26 Å². The van der Waals surface area contributed by atoms with E-state index in [-0.39, 0.29) is 0 Å². The summed E-state index contributed by atoms with van der Waals surface area (Å²) in [5.74, 6) is 0.608. The number of hydrogen-bond acceptors (Lipinski definition) is 4. The van der Waals surface area contributed by atoms with Crippen molar-refractivity contribution < 1.29 is 4.74 Å². The molecular weight excluding hydrogens is 240 g/mol. The van der Waals surface area contributed by atoms with Gasteiger partial charge in [0.05, 0.1) is 18.9 Å². The molecule has 2 N–H and O–H groups in total. The molecule has 1 aromatic heterocycles. The number of ether oxygens (including phenoxy) is 1. The predicted octanol–water partition coefficient (Wildman–Crippen LogP) is 1.89. The maximum absolute atomic E-state index is 9.02. The van der Waals surface area contributed by atoms with Gasteiger partial charge in [-0.15, -0.1) is 0 Å². The maximum Gasteiger partial charge on any atom is 0.136 e. The standard InChI is InChI=1S/C14H16N4O/c1-10-13(9-17-18-10)8-16-7-11-3-4-14(19-2)12(5-11)6-15/h3-5,9,16H,7-8H2,1-2H3,(H,17,18). The van der Waals surface area contributed by atoms with Crippen molar-refractivity contribution in [2.75, 3.05) is 7.11 Å². The second-order valence-corrected chi connectivity index (χ2v) is 4.27. The molecule has 1 aromatic carbocycles. The first-order chi connectivity index (χ1) is 9.24. The Morgan fingerprint density at radius 2 is 2.26 bits per heavy atom. The lowest BCUT2D eigenvalue weighted by atomic mass is 10.1. The van der Waals surface area contributed by atoms with E-state index in [2.05, 4.69) is 21.6 Å². The summed E-state index contributed by atoms with van der Waals surface area (Å²) in [7, 11) is 1.57. The molecule has 0 aliphatic carbocycles. The molecule has 0 fully saturated rings. The molecule has 5 heteroatoms. The van der Waals surface area contributed by atoms with Crippen molar-refractivity contribution in [1.82, 2.24) is 15.5 Å². The zero-order chi connectivity index (χ0) is 13.7. The van der Waals surface area contributed by atoms with Gasteiger partial charge in [0.1, 0.15) is 11.8 Å². The van der Waals surface area contributed by atoms with Crippen molar-refractivity contribution in [2.45, 2.75) is 20.0 Å². The van der Waals surface area contributed by atoms with Crippen LogP contribution in [0.15, 0.2) is 24.4 Å². The van der Waals surface area contributed by atoms with Crippen molar-refractivity contribution in [3.05, 3.63) is 46.8 Å². The molecule has 1 heterocycles. The van der Waals surface area contributed by atoms with Crippen LogP contribution in [0, 0.1) is 18.3 Å². The molecule has 5 nitrogen and oxygen atoms in total. The second kappa shape index (κ2) is 6.03. The first kappa shape index (κ1) is 13.1. The van der Waals surface area contributed by atoms with E-state index in [1.807, 2.05) is 31.3 Å². The van der Waals surface area contributed by atoms with Gasteiger partial charge in [-0.1, -0.05) is 6.07 Å². The average molecular weight is 256 g/mol. The minimum Gasteiger partial charge on any atom is -0.495 e. The van der Waals surface area contributed by atoms with Gasteiger partial charge in [0.15, 0.2) is 0 Å². The third-order valence-corrected chi connectivity index (χ3v) is 2.96. The Morgan fingerprint density at radius 1 is 1.42 bits per heavy atom. The molecule has 0 saturated heterocycles. The van der Waals surface area contributed by atoms with Crippen LogP contribution in [0.5, 0.6) is 5.75 Å². The Labute approximate surface area is 112 Å². The van der Waals surface area contributed by atoms with Crippen LogP contribution in [0.25, 0.3) is 0 Å². The number of methoxy groups -OCH3 is 1. The Morgan fingerprint density at radius 3 is 2.89 bits per heavy atom. The fraction of sp³-hybridized carbons (Fsp3) is 0.286. The number of nitrogens with zero attached hydrogens (tertiary/aromatic N) is 2. The first-order valence-corrected chi connectivity index (χ1v) is 6.01. The molecule has 2 rings (SSSR count). The van der Waals surface area contributed by atoms with Gasteiger partial charge in [0.25, 0.3) is 0 Å². The zero-order valence-electron chi connectivity index (χ0n) is 11.0. The predicted molar refractivity (Wildman–Crippen MR) is 71.6 cm³/mol. The van der Waals surface area contributed by atoms with Crippen molar-refractivity contribution >= 4 is 0 Å². The van der Waals surface area contributed by atoms with Crippen LogP contribution in [-0.4, -0.2) is 17.3 Å². The van der Waals surface area contributed by atoms with E-state index in [0.29, 0.717) is 17.9 Å². The molecule has 0 atom stereocenters. The molecule has 0 spiro atoms. The van der Waals surface area contributed by atoms with Gasteiger partial charge in [-0.2, -0.15) is 10.4 Å². The first-order valence-electron chi connectivity index (χ1n) is 6.01. The number of aryl methyl sites for hydroxylation is 1. The lowest BCUT2D eigenvalue weighted by molar-refractivity contribution is 0.413. The number of H-pyrrole nitrogens is 1. The molecule has 0 unspecified atom stereocenters. The van der Waals surface area contributed by atoms with E-state index >= 15 is 0 Å². The maximum atomic E-state index is 9.02. The van der Waals surface area contributed by atoms with Gasteiger partial charge >= 0.3 is 0 Å². The van der Waals surface area contributed by atoms with Crippen molar-refractivity contribution in [3.63, 3.8) is 0 Å². The van der Waals surface area contributed by atoms with Crippen LogP contribution >= 0.6 is 0 Å². The Balaban J connectivity index is 1.97. The number of rotatable bonds is 5. The fourth-order valence-corrected chi connectivity index (χ4v) is 1.85. The molecule has 0 radical (unpaired) electrons. The summed E-state index contributed by atoms with van der Waals surface area (Å²) in [6, 6.07) is 7.74. The monoisotopic (exact) mass is 256 g/mol. The number of nitrogens with one attached hydrogen (secondary N) is 2. The highest BCUT2D eigenvalue weighted by Gasteiger charge is 2.04. The number of nitriles is 1. The van der Waals surface area contributed by atoms with E-state index in [4.69, 9.17) is 10.00 Å². The average Bonchev–Trinajstić information content (AvgIpc) is 2.84. The molecule has 0 saturated carbocycles. The lowest BCUT2D eigenvalue weighted by Crippen LogP contribution is -2.13. The Hall–Kier alpha value is -2.32. The smallest absolute Gasteiger partial charge is 0.136 e. The summed E-state index contributed by atoms with van der Waals surface area (Å²) in [4.78, 5) is 0. The third kappa shape index (κ3) is 3.12. The molecular formula is C14H16N4O. The van der Waals surface area contributed by atoms with Crippen LogP contribution < -0.4 is 10.1 Å². The second-order valence-electron chi connectivity index (χ2n) is 4.27. The lowest BCUT2D eigenvalue weighted by Gasteiger charge is -2.07. The van der Waals surface area contributed by atoms with E-state index in [1.54, 1.807) is 7.11 Å². The quantitative estimate of drug-likeness (QED) is 0.856. The van der Waals surface area contributed by atoms with Crippen LogP contribution in [-0.2, 0) is 13.1 Å². The zero-order valence-corrected chi connectivity index (χ0v) is 11.0. The van der Waals surface area contributed by atoms with Gasteiger partial charge in [-0.05, 0) is 24.6 Å². The van der Waals surface area contributed by atoms with E-state index in [9.17, 15) is 0 Å². The SMILES string of the molecule is COc1ccc(CNCc2cn[nH]c2C)cc1C#N. The van der Waals surface area contributed by atoms with E-state index < -0.39 is 0 Å². The van der Waals surface area contributed by atoms with Crippen LogP contribution in [0.4, 0.5) is 0 Å². The minimum absolute atomic E-state index is 0.557. The Bertz CT molecular complexity index is 598. The molecule has 0 bridgehead atoms. The molecule has 98 valence electrons. The van der Waals surface area contributed by atoms with Gasteiger partial charge in [-0.25, -0.2) is 0 Å². The molecule has 2 aromatic rings. The van der Waals surface area contributed by atoms with Gasteiger partial charge in [0, 0.05) is 24.3 Å². The largest absolute Gasteiger partial charge is 0.495 e. The summed E-state index contributed by atoms with van der Waals surface area (Å²) in [6.07, 6.45) is 1.82. The highest BCUT2D eigenvalue weighted by Crippen LogP contribution is 2.18. The van der Waals surface area contributed by atoms with Crippen molar-refractivity contribution in [2.24, 2.45) is 0 Å². The topological polar surface area (TPSA) is 73.7 Å². The highest BCUT2D eigenvalue weighted by molar-refractivity contribution is 5.45. The number of hydrogen-bond donors (Lipinski definition) is 2. The number of aromatic amines is 1. The Kier molecular flexibility index (Phi) is 4.16. The van der Waals surface area contributed by atoms with E-state index in [0.717, 1.165) is 23.4 Å². The molecule has 19 heavy (non-hydrogen) atoms. The summed E-state index contributed by atoms with van der Waals surface area (Å²) in [5.41, 5.74) is 3.83. The van der Waals surface area contributed by atoms with E-state index in [1.165, 1.54) is 0 Å². The van der Waals surface area contributed by atoms with Crippen LogP contribution in [0.1, 0.15) is 22.4 Å². The van der Waals surface area contributed by atoms with Crippen molar-refractivity contribution in [3.8, 4) is 11.8 Å². The number of aromatic nitrogens is 2. The van der Waals surface area contributed by atoms with Gasteiger partial charge in [0.2, 0.25) is 0 Å². The molecule has 0 aliphatic rings. The van der Waals surface area contributed by atoms with Gasteiger partial charge in [-0.3, -0.25) is 5.10 Å². The minimum atomic E-state index is 0.557. The normalized spacial score (nSPS) is 10.2. The summed E-state index contributed by atoms with van der Waals surface area (Å²) < 4.78 is 5.12. The summed E-state index contributed by atoms with van der Waals surface area (Å²) in [5, 5.41) is 19.2.